The Bertz CT molecular complexity index is 1060. The standard InChI is InChI=1S/C22H27N5O4S2/c28-21-16-24-22(29)27(21)9-4-14-32-20-8-7-19(15-23-20)33(30,31)26-12-10-25(11-13-26)17-18-5-2-1-3-6-18/h1-3,5-8,15H,4,9-14,16-17H2,(H,24,29). The number of rotatable bonds is 9. The Labute approximate surface area is 198 Å². The minimum absolute atomic E-state index is 0.0611. The van der Waals surface area contributed by atoms with E-state index in [-0.39, 0.29) is 23.4 Å². The number of hydrogen-bond acceptors (Lipinski definition) is 7. The van der Waals surface area contributed by atoms with Crippen molar-refractivity contribution < 1.29 is 18.0 Å². The minimum atomic E-state index is -3.58. The van der Waals surface area contributed by atoms with Crippen LogP contribution in [0.15, 0.2) is 58.6 Å². The Hall–Kier alpha value is -2.47. The van der Waals surface area contributed by atoms with Crippen LogP contribution in [0.25, 0.3) is 0 Å². The van der Waals surface area contributed by atoms with Crippen LogP contribution in [0.4, 0.5) is 4.79 Å². The average Bonchev–Trinajstić information content (AvgIpc) is 3.15. The lowest BCUT2D eigenvalue weighted by atomic mass is 10.2. The van der Waals surface area contributed by atoms with Gasteiger partial charge in [0.15, 0.2) is 0 Å². The van der Waals surface area contributed by atoms with E-state index in [0.29, 0.717) is 49.9 Å². The first-order valence-electron chi connectivity index (χ1n) is 10.9. The highest BCUT2D eigenvalue weighted by molar-refractivity contribution is 7.99. The van der Waals surface area contributed by atoms with Gasteiger partial charge in [0.25, 0.3) is 0 Å². The van der Waals surface area contributed by atoms with Crippen LogP contribution in [0, 0.1) is 0 Å². The SMILES string of the molecule is O=C1CNC(=O)N1CCCSc1ccc(S(=O)(=O)N2CCN(Cc3ccccc3)CC2)cn1. The number of benzene rings is 1. The van der Waals surface area contributed by atoms with E-state index < -0.39 is 10.0 Å². The molecule has 3 heterocycles. The first kappa shape index (κ1) is 23.7. The molecule has 4 rings (SSSR count). The molecule has 2 fully saturated rings. The highest BCUT2D eigenvalue weighted by atomic mass is 32.2. The third-order valence-electron chi connectivity index (χ3n) is 5.64. The number of piperazine rings is 1. The number of imide groups is 1. The molecule has 2 saturated heterocycles. The van der Waals surface area contributed by atoms with Gasteiger partial charge in [-0.15, -0.1) is 11.8 Å². The highest BCUT2D eigenvalue weighted by Gasteiger charge is 2.29. The van der Waals surface area contributed by atoms with Crippen LogP contribution in [0.2, 0.25) is 0 Å². The molecule has 0 saturated carbocycles. The quantitative estimate of drug-likeness (QED) is 0.324. The van der Waals surface area contributed by atoms with Crippen molar-refractivity contribution in [3.63, 3.8) is 0 Å². The summed E-state index contributed by atoms with van der Waals surface area (Å²) in [5.41, 5.74) is 1.22. The lowest BCUT2D eigenvalue weighted by Gasteiger charge is -2.33. The molecule has 0 bridgehead atoms. The predicted molar refractivity (Wildman–Crippen MR) is 125 cm³/mol. The molecule has 2 aliphatic heterocycles. The maximum absolute atomic E-state index is 13.0. The zero-order valence-electron chi connectivity index (χ0n) is 18.2. The molecule has 176 valence electrons. The number of hydrogen-bond donors (Lipinski definition) is 1. The molecule has 2 aliphatic rings. The van der Waals surface area contributed by atoms with Gasteiger partial charge in [-0.3, -0.25) is 14.6 Å². The number of sulfonamides is 1. The van der Waals surface area contributed by atoms with Crippen LogP contribution in [0.5, 0.6) is 0 Å². The highest BCUT2D eigenvalue weighted by Crippen LogP contribution is 2.22. The number of thioether (sulfide) groups is 1. The van der Waals surface area contributed by atoms with E-state index in [0.717, 1.165) is 6.54 Å². The van der Waals surface area contributed by atoms with Gasteiger partial charge >= 0.3 is 6.03 Å². The van der Waals surface area contributed by atoms with Gasteiger partial charge < -0.3 is 5.32 Å². The molecule has 9 nitrogen and oxygen atoms in total. The smallest absolute Gasteiger partial charge is 0.324 e. The summed E-state index contributed by atoms with van der Waals surface area (Å²) in [7, 11) is -3.58. The molecular formula is C22H27N5O4S2. The third kappa shape index (κ3) is 5.91. The van der Waals surface area contributed by atoms with Crippen molar-refractivity contribution in [3.05, 3.63) is 54.2 Å². The molecule has 0 aliphatic carbocycles. The normalized spacial score (nSPS) is 18.0. The molecule has 2 aromatic rings. The second-order valence-corrected chi connectivity index (χ2v) is 11.0. The number of carbonyl (C=O) groups excluding carboxylic acids is 2. The minimum Gasteiger partial charge on any atom is -0.329 e. The van der Waals surface area contributed by atoms with Crippen molar-refractivity contribution in [3.8, 4) is 0 Å². The van der Waals surface area contributed by atoms with Crippen LogP contribution in [0.3, 0.4) is 0 Å². The van der Waals surface area contributed by atoms with Crippen molar-refractivity contribution >= 4 is 33.7 Å². The van der Waals surface area contributed by atoms with Crippen molar-refractivity contribution in [2.75, 3.05) is 45.0 Å². The fourth-order valence-corrected chi connectivity index (χ4v) is 5.95. The summed E-state index contributed by atoms with van der Waals surface area (Å²) in [6.07, 6.45) is 2.05. The number of nitrogens with zero attached hydrogens (tertiary/aromatic N) is 4. The van der Waals surface area contributed by atoms with Gasteiger partial charge in [0, 0.05) is 51.2 Å². The summed E-state index contributed by atoms with van der Waals surface area (Å²) in [4.78, 5) is 31.1. The zero-order valence-corrected chi connectivity index (χ0v) is 19.9. The number of carbonyl (C=O) groups is 2. The van der Waals surface area contributed by atoms with Crippen molar-refractivity contribution in [1.29, 1.82) is 0 Å². The zero-order chi connectivity index (χ0) is 23.3. The lowest BCUT2D eigenvalue weighted by molar-refractivity contribution is -0.124. The van der Waals surface area contributed by atoms with Crippen molar-refractivity contribution in [2.45, 2.75) is 22.9 Å². The van der Waals surface area contributed by atoms with Gasteiger partial charge in [-0.25, -0.2) is 18.2 Å². The molecular weight excluding hydrogens is 462 g/mol. The third-order valence-corrected chi connectivity index (χ3v) is 8.55. The van der Waals surface area contributed by atoms with Gasteiger partial charge in [-0.2, -0.15) is 4.31 Å². The second kappa shape index (κ2) is 10.6. The maximum Gasteiger partial charge on any atom is 0.324 e. The number of nitrogens with one attached hydrogen (secondary N) is 1. The van der Waals surface area contributed by atoms with Crippen LogP contribution < -0.4 is 5.32 Å². The molecule has 0 spiro atoms. The van der Waals surface area contributed by atoms with Crippen LogP contribution in [-0.4, -0.2) is 84.5 Å². The van der Waals surface area contributed by atoms with E-state index in [4.69, 9.17) is 0 Å². The van der Waals surface area contributed by atoms with Crippen molar-refractivity contribution in [2.24, 2.45) is 0 Å². The average molecular weight is 490 g/mol. The lowest BCUT2D eigenvalue weighted by Crippen LogP contribution is -2.48. The Balaban J connectivity index is 1.24. The first-order chi connectivity index (χ1) is 15.9. The van der Waals surface area contributed by atoms with Gasteiger partial charge in [0.2, 0.25) is 15.9 Å². The molecule has 11 heteroatoms. The van der Waals surface area contributed by atoms with E-state index in [9.17, 15) is 18.0 Å². The number of pyridine rings is 1. The monoisotopic (exact) mass is 489 g/mol. The van der Waals surface area contributed by atoms with Gasteiger partial charge in [0.05, 0.1) is 11.6 Å². The molecule has 1 N–H and O–H groups in total. The summed E-state index contributed by atoms with van der Waals surface area (Å²) in [5.74, 6) is 0.457. The van der Waals surface area contributed by atoms with E-state index in [1.165, 1.54) is 32.7 Å². The summed E-state index contributed by atoms with van der Waals surface area (Å²) in [6.45, 7) is 3.52. The van der Waals surface area contributed by atoms with Crippen LogP contribution in [-0.2, 0) is 21.4 Å². The largest absolute Gasteiger partial charge is 0.329 e. The molecule has 1 aromatic heterocycles. The van der Waals surface area contributed by atoms with Gasteiger partial charge in [0.1, 0.15) is 4.90 Å². The molecule has 0 radical (unpaired) electrons. The first-order valence-corrected chi connectivity index (χ1v) is 13.3. The summed E-state index contributed by atoms with van der Waals surface area (Å²) >= 11 is 1.47. The summed E-state index contributed by atoms with van der Waals surface area (Å²) < 4.78 is 27.6. The maximum atomic E-state index is 13.0. The summed E-state index contributed by atoms with van der Waals surface area (Å²) in [5, 5.41) is 3.20. The Morgan fingerprint density at radius 1 is 1.00 bits per heavy atom. The molecule has 0 atom stereocenters. The number of urea groups is 1. The molecule has 1 aromatic carbocycles. The Morgan fingerprint density at radius 2 is 1.76 bits per heavy atom. The number of aromatic nitrogens is 1. The van der Waals surface area contributed by atoms with E-state index >= 15 is 0 Å². The fourth-order valence-electron chi connectivity index (χ4n) is 3.80. The van der Waals surface area contributed by atoms with Gasteiger partial charge in [-0.1, -0.05) is 30.3 Å². The van der Waals surface area contributed by atoms with E-state index in [2.05, 4.69) is 27.3 Å². The molecule has 3 amide bonds. The summed E-state index contributed by atoms with van der Waals surface area (Å²) in [6, 6.07) is 13.1. The second-order valence-electron chi connectivity index (χ2n) is 7.90. The van der Waals surface area contributed by atoms with Crippen molar-refractivity contribution in [1.82, 2.24) is 24.4 Å². The van der Waals surface area contributed by atoms with Crippen LogP contribution >= 0.6 is 11.8 Å². The molecule has 33 heavy (non-hydrogen) atoms. The van der Waals surface area contributed by atoms with E-state index in [1.807, 2.05) is 18.2 Å². The topological polar surface area (TPSA) is 103 Å². The fraction of sp³-hybridized carbons (Fsp3) is 0.409. The predicted octanol–water partition coefficient (Wildman–Crippen LogP) is 1.62. The number of amides is 3. The Kier molecular flexibility index (Phi) is 7.63. The Morgan fingerprint density at radius 3 is 2.39 bits per heavy atom. The van der Waals surface area contributed by atoms with E-state index in [1.54, 1.807) is 12.1 Å². The van der Waals surface area contributed by atoms with Crippen LogP contribution in [0.1, 0.15) is 12.0 Å². The molecule has 0 unspecified atom stereocenters. The van der Waals surface area contributed by atoms with Gasteiger partial charge in [-0.05, 0) is 24.1 Å².